The number of amides is 2. The summed E-state index contributed by atoms with van der Waals surface area (Å²) >= 11 is 2.01. The van der Waals surface area contributed by atoms with Crippen LogP contribution in [0.2, 0.25) is 0 Å². The fourth-order valence-electron chi connectivity index (χ4n) is 5.83. The normalized spacial score (nSPS) is 24.4. The van der Waals surface area contributed by atoms with E-state index in [0.29, 0.717) is 21.5 Å². The number of rotatable bonds is 4. The fourth-order valence-corrected chi connectivity index (χ4v) is 6.46. The second kappa shape index (κ2) is 7.94. The van der Waals surface area contributed by atoms with Crippen molar-refractivity contribution in [3.05, 3.63) is 92.1 Å². The van der Waals surface area contributed by atoms with Crippen LogP contribution in [0.3, 0.4) is 0 Å². The molecule has 1 aliphatic heterocycles. The molecule has 1 saturated heterocycles. The molecule has 7 heteroatoms. The number of benzene rings is 3. The first-order valence-corrected chi connectivity index (χ1v) is 12.3. The molecule has 1 fully saturated rings. The number of hydrogen-bond donors (Lipinski definition) is 1. The Morgan fingerprint density at radius 2 is 1.44 bits per heavy atom. The molecular weight excluding hydrogens is 543 g/mol. The summed E-state index contributed by atoms with van der Waals surface area (Å²) in [5.74, 6) is -1.35. The Morgan fingerprint density at radius 1 is 0.941 bits per heavy atom. The van der Waals surface area contributed by atoms with Gasteiger partial charge < -0.3 is 9.84 Å². The number of phenols is 1. The Balaban J connectivity index is 1.40. The van der Waals surface area contributed by atoms with Crippen LogP contribution in [0.5, 0.6) is 11.5 Å². The van der Waals surface area contributed by atoms with Gasteiger partial charge in [0.1, 0.15) is 0 Å². The van der Waals surface area contributed by atoms with Crippen LogP contribution < -0.4 is 4.74 Å². The number of imide groups is 1. The van der Waals surface area contributed by atoms with Gasteiger partial charge in [-0.2, -0.15) is 10.1 Å². The lowest BCUT2D eigenvalue weighted by atomic mass is 9.55. The quantitative estimate of drug-likeness (QED) is 0.285. The van der Waals surface area contributed by atoms with Crippen LogP contribution in [0.25, 0.3) is 0 Å². The van der Waals surface area contributed by atoms with Crippen LogP contribution in [0, 0.1) is 15.4 Å². The van der Waals surface area contributed by atoms with E-state index >= 15 is 0 Å². The monoisotopic (exact) mass is 564 g/mol. The molecule has 0 unspecified atom stereocenters. The smallest absolute Gasteiger partial charge is 0.254 e. The maximum atomic E-state index is 13.6. The summed E-state index contributed by atoms with van der Waals surface area (Å²) in [6, 6.07) is 19.7. The minimum Gasteiger partial charge on any atom is -0.504 e. The van der Waals surface area contributed by atoms with Gasteiger partial charge in [0, 0.05) is 11.8 Å². The summed E-state index contributed by atoms with van der Waals surface area (Å²) in [5, 5.41) is 15.6. The number of phenolic OH excluding ortho intramolecular Hbond substituents is 1. The Kier molecular flexibility index (Phi) is 4.98. The number of carbonyl (C=O) groups excluding carboxylic acids is 2. The molecule has 0 radical (unpaired) electrons. The molecule has 34 heavy (non-hydrogen) atoms. The van der Waals surface area contributed by atoms with Gasteiger partial charge in [0.05, 0.1) is 28.2 Å². The lowest BCUT2D eigenvalue weighted by Gasteiger charge is -2.45. The zero-order valence-corrected chi connectivity index (χ0v) is 20.5. The second-order valence-electron chi connectivity index (χ2n) is 8.78. The van der Waals surface area contributed by atoms with Gasteiger partial charge >= 0.3 is 0 Å². The highest BCUT2D eigenvalue weighted by Gasteiger charge is 2.61. The lowest BCUT2D eigenvalue weighted by Crippen LogP contribution is -2.41. The van der Waals surface area contributed by atoms with Crippen LogP contribution >= 0.6 is 22.6 Å². The summed E-state index contributed by atoms with van der Waals surface area (Å²) < 4.78 is 6.09. The molecule has 3 aromatic carbocycles. The molecule has 3 aliphatic carbocycles. The molecule has 2 bridgehead atoms. The van der Waals surface area contributed by atoms with E-state index in [1.165, 1.54) is 6.21 Å². The Labute approximate surface area is 210 Å². The fraction of sp³-hybridized carbons (Fsp3) is 0.222. The highest BCUT2D eigenvalue weighted by atomic mass is 127. The molecule has 1 heterocycles. The molecule has 170 valence electrons. The molecule has 0 aromatic heterocycles. The number of hydrazone groups is 1. The summed E-state index contributed by atoms with van der Waals surface area (Å²) in [6.07, 6.45) is 1.49. The number of carbonyl (C=O) groups is 2. The van der Waals surface area contributed by atoms with E-state index < -0.39 is 11.8 Å². The molecule has 4 aliphatic rings. The van der Waals surface area contributed by atoms with E-state index in [0.717, 1.165) is 27.3 Å². The van der Waals surface area contributed by atoms with Crippen molar-refractivity contribution < 1.29 is 19.4 Å². The zero-order chi connectivity index (χ0) is 23.6. The van der Waals surface area contributed by atoms with Crippen molar-refractivity contribution in [1.82, 2.24) is 5.01 Å². The molecule has 1 N–H and O–H groups in total. The van der Waals surface area contributed by atoms with E-state index in [-0.39, 0.29) is 29.4 Å². The van der Waals surface area contributed by atoms with Gasteiger partial charge in [0.2, 0.25) is 0 Å². The highest BCUT2D eigenvalue weighted by molar-refractivity contribution is 14.1. The molecule has 0 saturated carbocycles. The summed E-state index contributed by atoms with van der Waals surface area (Å²) in [7, 11) is 0. The molecule has 2 amide bonds. The average Bonchev–Trinajstić information content (AvgIpc) is 3.11. The molecule has 0 spiro atoms. The minimum atomic E-state index is -0.460. The van der Waals surface area contributed by atoms with E-state index in [9.17, 15) is 14.7 Å². The average molecular weight is 564 g/mol. The van der Waals surface area contributed by atoms with Crippen molar-refractivity contribution in [2.45, 2.75) is 18.8 Å². The van der Waals surface area contributed by atoms with Crippen LogP contribution in [0.1, 0.15) is 46.6 Å². The highest BCUT2D eigenvalue weighted by Crippen LogP contribution is 2.60. The van der Waals surface area contributed by atoms with E-state index in [1.54, 1.807) is 12.1 Å². The number of nitrogens with zero attached hydrogens (tertiary/aromatic N) is 2. The van der Waals surface area contributed by atoms with Crippen molar-refractivity contribution in [3.8, 4) is 11.5 Å². The third-order valence-electron chi connectivity index (χ3n) is 7.10. The molecule has 7 rings (SSSR count). The maximum Gasteiger partial charge on any atom is 0.254 e. The summed E-state index contributed by atoms with van der Waals surface area (Å²) in [5.41, 5.74) is 5.17. The van der Waals surface area contributed by atoms with Crippen molar-refractivity contribution in [3.63, 3.8) is 0 Å². The standard InChI is InChI=1S/C27H21IN2O4/c1-2-34-20-12-14(11-19(28)25(20)31)13-29-30-26(32)23-21-15-7-3-4-8-16(15)22(24(23)27(30)33)18-10-6-5-9-17(18)21/h3-13,21-24,31H,2H2,1H3/b29-13-/t21?,22?,23-,24+. The third-order valence-corrected chi connectivity index (χ3v) is 7.92. The first-order chi connectivity index (χ1) is 16.5. The van der Waals surface area contributed by atoms with Gasteiger partial charge in [-0.05, 0) is 69.5 Å². The van der Waals surface area contributed by atoms with Crippen molar-refractivity contribution in [1.29, 1.82) is 0 Å². The third kappa shape index (κ3) is 2.95. The predicted molar refractivity (Wildman–Crippen MR) is 135 cm³/mol. The first-order valence-electron chi connectivity index (χ1n) is 11.3. The number of aromatic hydroxyl groups is 1. The SMILES string of the molecule is CCOc1cc(/C=N\N2C(=O)[C@@H]3C4c5ccccc5C(c5ccccc54)[C@@H]3C2=O)cc(I)c1O. The van der Waals surface area contributed by atoms with Gasteiger partial charge in [-0.25, -0.2) is 0 Å². The number of halogens is 1. The van der Waals surface area contributed by atoms with E-state index in [1.807, 2.05) is 53.8 Å². The van der Waals surface area contributed by atoms with Crippen LogP contribution in [0.15, 0.2) is 65.8 Å². The van der Waals surface area contributed by atoms with Crippen LogP contribution in [-0.4, -0.2) is 34.8 Å². The number of hydrogen-bond acceptors (Lipinski definition) is 5. The Bertz CT molecular complexity index is 1270. The number of ether oxygens (including phenoxy) is 1. The van der Waals surface area contributed by atoms with E-state index in [2.05, 4.69) is 29.4 Å². The molecule has 3 aromatic rings. The maximum absolute atomic E-state index is 13.6. The second-order valence-corrected chi connectivity index (χ2v) is 9.94. The van der Waals surface area contributed by atoms with Gasteiger partial charge in [0.25, 0.3) is 11.8 Å². The van der Waals surface area contributed by atoms with Gasteiger partial charge in [-0.15, -0.1) is 0 Å². The van der Waals surface area contributed by atoms with Crippen LogP contribution in [0.4, 0.5) is 0 Å². The molecule has 2 atom stereocenters. The lowest BCUT2D eigenvalue weighted by molar-refractivity contribution is -0.139. The van der Waals surface area contributed by atoms with Crippen molar-refractivity contribution >= 4 is 40.6 Å². The topological polar surface area (TPSA) is 79.2 Å². The Hall–Kier alpha value is -3.20. The van der Waals surface area contributed by atoms with Crippen molar-refractivity contribution in [2.75, 3.05) is 6.61 Å². The molecular formula is C27H21IN2O4. The van der Waals surface area contributed by atoms with Crippen LogP contribution in [-0.2, 0) is 9.59 Å². The zero-order valence-electron chi connectivity index (χ0n) is 18.3. The molecule has 6 nitrogen and oxygen atoms in total. The Morgan fingerprint density at radius 3 is 1.91 bits per heavy atom. The van der Waals surface area contributed by atoms with Gasteiger partial charge in [-0.3, -0.25) is 9.59 Å². The largest absolute Gasteiger partial charge is 0.504 e. The summed E-state index contributed by atoms with van der Waals surface area (Å²) in [4.78, 5) is 27.2. The van der Waals surface area contributed by atoms with Gasteiger partial charge in [0.15, 0.2) is 11.5 Å². The minimum absolute atomic E-state index is 0.0612. The van der Waals surface area contributed by atoms with Gasteiger partial charge in [-0.1, -0.05) is 48.5 Å². The predicted octanol–water partition coefficient (Wildman–Crippen LogP) is 4.62. The van der Waals surface area contributed by atoms with Crippen molar-refractivity contribution in [2.24, 2.45) is 16.9 Å². The first kappa shape index (κ1) is 21.3. The summed E-state index contributed by atoms with van der Waals surface area (Å²) in [6.45, 7) is 2.24. The van der Waals surface area contributed by atoms with E-state index in [4.69, 9.17) is 4.74 Å².